The van der Waals surface area contributed by atoms with Crippen LogP contribution in [0.2, 0.25) is 5.02 Å². The first kappa shape index (κ1) is 13.0. The molecule has 0 fully saturated rings. The summed E-state index contributed by atoms with van der Waals surface area (Å²) in [5.41, 5.74) is 11.0. The minimum atomic E-state index is -1.50. The van der Waals surface area contributed by atoms with Gasteiger partial charge >= 0.3 is 0 Å². The SMILES string of the molecule is NC(N)=Nc1cccc(Cl)c1.O=[N+]([O-])O. The second-order valence-electron chi connectivity index (χ2n) is 2.25. The highest BCUT2D eigenvalue weighted by Crippen LogP contribution is 2.16. The van der Waals surface area contributed by atoms with E-state index < -0.39 is 5.09 Å². The fourth-order valence-electron chi connectivity index (χ4n) is 0.695. The molecular formula is C7H9ClN4O3. The molecule has 8 heteroatoms. The zero-order valence-electron chi connectivity index (χ0n) is 7.50. The largest absolute Gasteiger partial charge is 0.370 e. The van der Waals surface area contributed by atoms with Crippen molar-refractivity contribution in [3.05, 3.63) is 39.4 Å². The van der Waals surface area contributed by atoms with Crippen LogP contribution >= 0.6 is 11.6 Å². The summed E-state index contributed by atoms with van der Waals surface area (Å²) in [7, 11) is 0. The Morgan fingerprint density at radius 3 is 2.47 bits per heavy atom. The van der Waals surface area contributed by atoms with Gasteiger partial charge in [0, 0.05) is 5.02 Å². The van der Waals surface area contributed by atoms with Crippen molar-refractivity contribution in [3.63, 3.8) is 0 Å². The van der Waals surface area contributed by atoms with Crippen molar-refractivity contribution in [2.45, 2.75) is 0 Å². The maximum atomic E-state index is 8.36. The van der Waals surface area contributed by atoms with Crippen molar-refractivity contribution < 1.29 is 10.3 Å². The zero-order valence-corrected chi connectivity index (χ0v) is 8.26. The molecule has 0 amide bonds. The Labute approximate surface area is 90.1 Å². The molecule has 0 aliphatic rings. The monoisotopic (exact) mass is 232 g/mol. The number of nitrogens with two attached hydrogens (primary N) is 2. The highest BCUT2D eigenvalue weighted by molar-refractivity contribution is 6.30. The first-order chi connectivity index (χ1) is 6.91. The van der Waals surface area contributed by atoms with E-state index in [4.69, 9.17) is 38.4 Å². The van der Waals surface area contributed by atoms with Crippen LogP contribution < -0.4 is 11.5 Å². The Kier molecular flexibility index (Phi) is 5.57. The van der Waals surface area contributed by atoms with Gasteiger partial charge in [-0.05, 0) is 18.2 Å². The molecule has 0 saturated carbocycles. The van der Waals surface area contributed by atoms with Gasteiger partial charge in [-0.15, -0.1) is 10.1 Å². The molecule has 15 heavy (non-hydrogen) atoms. The molecule has 0 radical (unpaired) electrons. The Bertz CT molecular complexity index is 361. The molecule has 0 aromatic heterocycles. The highest BCUT2D eigenvalue weighted by atomic mass is 35.5. The van der Waals surface area contributed by atoms with Crippen LogP contribution in [0.1, 0.15) is 0 Å². The van der Waals surface area contributed by atoms with Gasteiger partial charge in [-0.3, -0.25) is 0 Å². The predicted octanol–water partition coefficient (Wildman–Crippen LogP) is 0.897. The topological polar surface area (TPSA) is 128 Å². The number of benzene rings is 1. The molecule has 0 saturated heterocycles. The lowest BCUT2D eigenvalue weighted by Gasteiger charge is -1.94. The number of hydrogen-bond acceptors (Lipinski definition) is 3. The first-order valence-electron chi connectivity index (χ1n) is 3.60. The van der Waals surface area contributed by atoms with Crippen molar-refractivity contribution in [2.24, 2.45) is 16.5 Å². The molecule has 7 nitrogen and oxygen atoms in total. The van der Waals surface area contributed by atoms with E-state index in [0.717, 1.165) is 0 Å². The molecule has 0 unspecified atom stereocenters. The lowest BCUT2D eigenvalue weighted by atomic mass is 10.3. The van der Waals surface area contributed by atoms with Gasteiger partial charge in [0.1, 0.15) is 0 Å². The lowest BCUT2D eigenvalue weighted by molar-refractivity contribution is -0.742. The summed E-state index contributed by atoms with van der Waals surface area (Å²) in [6, 6.07) is 6.99. The van der Waals surface area contributed by atoms with Crippen molar-refractivity contribution in [2.75, 3.05) is 0 Å². The molecule has 82 valence electrons. The van der Waals surface area contributed by atoms with Crippen molar-refractivity contribution in [1.82, 2.24) is 0 Å². The second-order valence-corrected chi connectivity index (χ2v) is 2.69. The smallest absolute Gasteiger partial charge is 0.291 e. The third kappa shape index (κ3) is 8.31. The molecule has 1 aromatic carbocycles. The summed E-state index contributed by atoms with van der Waals surface area (Å²) >= 11 is 5.68. The van der Waals surface area contributed by atoms with E-state index in [1.54, 1.807) is 24.3 Å². The van der Waals surface area contributed by atoms with Gasteiger partial charge in [-0.25, -0.2) is 4.99 Å². The number of guanidine groups is 1. The summed E-state index contributed by atoms with van der Waals surface area (Å²) in [4.78, 5) is 12.2. The van der Waals surface area contributed by atoms with E-state index in [-0.39, 0.29) is 5.96 Å². The van der Waals surface area contributed by atoms with Gasteiger partial charge in [0.15, 0.2) is 5.96 Å². The van der Waals surface area contributed by atoms with Crippen LogP contribution in [-0.4, -0.2) is 16.3 Å². The fourth-order valence-corrected chi connectivity index (χ4v) is 0.879. The van der Waals surface area contributed by atoms with Crippen LogP contribution in [0.15, 0.2) is 29.3 Å². The quantitative estimate of drug-likeness (QED) is 0.287. The molecule has 0 aliphatic heterocycles. The Hall–Kier alpha value is -2.02. The van der Waals surface area contributed by atoms with E-state index in [2.05, 4.69) is 4.99 Å². The van der Waals surface area contributed by atoms with E-state index in [9.17, 15) is 0 Å². The first-order valence-corrected chi connectivity index (χ1v) is 3.98. The van der Waals surface area contributed by atoms with Crippen LogP contribution in [0.3, 0.4) is 0 Å². The van der Waals surface area contributed by atoms with E-state index in [1.807, 2.05) is 0 Å². The van der Waals surface area contributed by atoms with E-state index in [0.29, 0.717) is 10.7 Å². The Balaban J connectivity index is 0.000000423. The van der Waals surface area contributed by atoms with Crippen LogP contribution in [-0.2, 0) is 0 Å². The molecule has 0 heterocycles. The molecule has 5 N–H and O–H groups in total. The summed E-state index contributed by atoms with van der Waals surface area (Å²) in [6.45, 7) is 0. The summed E-state index contributed by atoms with van der Waals surface area (Å²) < 4.78 is 0. The molecule has 0 bridgehead atoms. The van der Waals surface area contributed by atoms with Crippen molar-refractivity contribution >= 4 is 23.2 Å². The third-order valence-corrected chi connectivity index (χ3v) is 1.30. The maximum Gasteiger partial charge on any atom is 0.291 e. The number of rotatable bonds is 1. The van der Waals surface area contributed by atoms with Crippen LogP contribution in [0.4, 0.5) is 5.69 Å². The van der Waals surface area contributed by atoms with Gasteiger partial charge in [0.25, 0.3) is 5.09 Å². The zero-order chi connectivity index (χ0) is 11.8. The molecular weight excluding hydrogens is 224 g/mol. The summed E-state index contributed by atoms with van der Waals surface area (Å²) in [6.07, 6.45) is 0. The fraction of sp³-hybridized carbons (Fsp3) is 0. The number of hydrogen-bond donors (Lipinski definition) is 3. The van der Waals surface area contributed by atoms with Gasteiger partial charge in [-0.2, -0.15) is 0 Å². The van der Waals surface area contributed by atoms with Gasteiger partial charge in [-0.1, -0.05) is 17.7 Å². The van der Waals surface area contributed by atoms with Gasteiger partial charge < -0.3 is 16.7 Å². The minimum absolute atomic E-state index is 0.0345. The average molecular weight is 233 g/mol. The van der Waals surface area contributed by atoms with Crippen LogP contribution in [0.25, 0.3) is 0 Å². The molecule has 0 atom stereocenters. The maximum absolute atomic E-state index is 8.36. The minimum Gasteiger partial charge on any atom is -0.370 e. The number of halogens is 1. The number of nitrogens with zero attached hydrogens (tertiary/aromatic N) is 2. The Morgan fingerprint density at radius 2 is 2.07 bits per heavy atom. The summed E-state index contributed by atoms with van der Waals surface area (Å²) in [5.74, 6) is 0.0345. The third-order valence-electron chi connectivity index (χ3n) is 1.07. The molecule has 1 aromatic rings. The molecule has 1 rings (SSSR count). The molecule has 0 spiro atoms. The van der Waals surface area contributed by atoms with Crippen LogP contribution in [0, 0.1) is 10.1 Å². The number of aliphatic imine (C=N–C) groups is 1. The van der Waals surface area contributed by atoms with Crippen molar-refractivity contribution in [3.8, 4) is 0 Å². The van der Waals surface area contributed by atoms with E-state index in [1.165, 1.54) is 0 Å². The molecule has 0 aliphatic carbocycles. The second kappa shape index (κ2) is 6.44. The summed E-state index contributed by atoms with van der Waals surface area (Å²) in [5, 5.41) is 14.3. The average Bonchev–Trinajstić information content (AvgIpc) is 2.00. The lowest BCUT2D eigenvalue weighted by Crippen LogP contribution is -2.21. The van der Waals surface area contributed by atoms with Crippen LogP contribution in [0.5, 0.6) is 0 Å². The normalized spacial score (nSPS) is 8.33. The highest BCUT2D eigenvalue weighted by Gasteiger charge is 1.90. The van der Waals surface area contributed by atoms with Gasteiger partial charge in [0.2, 0.25) is 0 Å². The van der Waals surface area contributed by atoms with Crippen molar-refractivity contribution in [1.29, 1.82) is 0 Å². The Morgan fingerprint density at radius 1 is 1.53 bits per heavy atom. The standard InChI is InChI=1S/C7H8ClN3.HNO3/c8-5-2-1-3-6(4-5)11-7(9)10;2-1(3)4/h1-4H,(H4,9,10,11);(H,2,3,4). The van der Waals surface area contributed by atoms with Gasteiger partial charge in [0.05, 0.1) is 5.69 Å². The predicted molar refractivity (Wildman–Crippen MR) is 55.7 cm³/mol. The van der Waals surface area contributed by atoms with E-state index >= 15 is 0 Å².